The van der Waals surface area contributed by atoms with E-state index in [-0.39, 0.29) is 0 Å². The topological polar surface area (TPSA) is 80.5 Å². The predicted octanol–water partition coefficient (Wildman–Crippen LogP) is 2.45. The maximum absolute atomic E-state index is 9.06. The molecule has 102 valence electrons. The first kappa shape index (κ1) is 12.9. The Hall–Kier alpha value is -3.13. The van der Waals surface area contributed by atoms with Gasteiger partial charge in [-0.3, -0.25) is 4.68 Å². The lowest BCUT2D eigenvalue weighted by Crippen LogP contribution is -2.03. The maximum Gasteiger partial charge on any atom is 0.145 e. The fourth-order valence-corrected chi connectivity index (χ4v) is 2.19. The molecule has 0 aliphatic rings. The van der Waals surface area contributed by atoms with Crippen molar-refractivity contribution >= 4 is 5.69 Å². The molecule has 21 heavy (non-hydrogen) atoms. The Bertz CT molecular complexity index is 813. The smallest absolute Gasteiger partial charge is 0.145 e. The Kier molecular flexibility index (Phi) is 3.36. The second-order valence-electron chi connectivity index (χ2n) is 4.64. The Morgan fingerprint density at radius 2 is 2.05 bits per heavy atom. The van der Waals surface area contributed by atoms with Crippen LogP contribution in [0, 0.1) is 11.3 Å². The monoisotopic (exact) mass is 275 g/mol. The number of pyridine rings is 1. The van der Waals surface area contributed by atoms with Gasteiger partial charge in [0.05, 0.1) is 12.7 Å². The number of nitrogens with two attached hydrogens (primary N) is 1. The van der Waals surface area contributed by atoms with Crippen LogP contribution in [0.5, 0.6) is 0 Å². The van der Waals surface area contributed by atoms with Crippen molar-refractivity contribution in [3.63, 3.8) is 0 Å². The van der Waals surface area contributed by atoms with Gasteiger partial charge in [0, 0.05) is 34.8 Å². The zero-order valence-electron chi connectivity index (χ0n) is 11.3. The van der Waals surface area contributed by atoms with Crippen LogP contribution < -0.4 is 5.73 Å². The molecule has 3 aromatic rings. The third-order valence-corrected chi connectivity index (χ3v) is 3.23. The maximum atomic E-state index is 9.06. The fraction of sp³-hybridized carbons (Fsp3) is 0.0625. The van der Waals surface area contributed by atoms with Gasteiger partial charge in [-0.1, -0.05) is 24.3 Å². The average Bonchev–Trinajstić information content (AvgIpc) is 2.96. The third kappa shape index (κ3) is 2.60. The summed E-state index contributed by atoms with van der Waals surface area (Å²) in [6.07, 6.45) is 5.30. The molecular weight excluding hydrogens is 262 g/mol. The molecule has 2 heterocycles. The normalized spacial score (nSPS) is 10.2. The van der Waals surface area contributed by atoms with Crippen molar-refractivity contribution in [3.05, 3.63) is 66.2 Å². The number of hydrogen-bond acceptors (Lipinski definition) is 4. The van der Waals surface area contributed by atoms with Crippen LogP contribution in [0.25, 0.3) is 11.1 Å². The highest BCUT2D eigenvalue weighted by molar-refractivity contribution is 5.75. The second kappa shape index (κ2) is 5.47. The molecule has 0 saturated heterocycles. The number of nitrogens with zero attached hydrogens (tertiary/aromatic N) is 4. The van der Waals surface area contributed by atoms with Gasteiger partial charge in [0.2, 0.25) is 0 Å². The van der Waals surface area contributed by atoms with E-state index in [1.54, 1.807) is 17.1 Å². The van der Waals surface area contributed by atoms with Gasteiger partial charge in [-0.2, -0.15) is 10.4 Å². The first-order chi connectivity index (χ1) is 10.3. The summed E-state index contributed by atoms with van der Waals surface area (Å²) >= 11 is 0. The van der Waals surface area contributed by atoms with Gasteiger partial charge < -0.3 is 5.73 Å². The molecule has 2 N–H and O–H groups in total. The molecule has 0 fully saturated rings. The summed E-state index contributed by atoms with van der Waals surface area (Å²) in [7, 11) is 0. The number of anilines is 1. The molecule has 5 heteroatoms. The van der Waals surface area contributed by atoms with E-state index in [9.17, 15) is 0 Å². The van der Waals surface area contributed by atoms with Gasteiger partial charge in [0.1, 0.15) is 11.8 Å². The predicted molar refractivity (Wildman–Crippen MR) is 80.1 cm³/mol. The lowest BCUT2D eigenvalue weighted by Gasteiger charge is -2.03. The minimum atomic E-state index is 0.425. The summed E-state index contributed by atoms with van der Waals surface area (Å²) < 4.78 is 1.78. The standard InChI is InChI=1S/C16H13N5/c17-8-16-12(4-3-7-19-16)10-21-11-13(9-20-21)14-5-1-2-6-15(14)18/h1-7,9,11H,10,18H2. The lowest BCUT2D eigenvalue weighted by atomic mass is 10.1. The van der Waals surface area contributed by atoms with Crippen molar-refractivity contribution in [3.8, 4) is 17.2 Å². The highest BCUT2D eigenvalue weighted by Crippen LogP contribution is 2.24. The van der Waals surface area contributed by atoms with Gasteiger partial charge >= 0.3 is 0 Å². The van der Waals surface area contributed by atoms with E-state index in [2.05, 4.69) is 16.2 Å². The molecule has 0 aliphatic carbocycles. The van der Waals surface area contributed by atoms with E-state index >= 15 is 0 Å². The van der Waals surface area contributed by atoms with E-state index in [0.717, 1.165) is 22.4 Å². The zero-order chi connectivity index (χ0) is 14.7. The number of hydrogen-bond donors (Lipinski definition) is 1. The van der Waals surface area contributed by atoms with Crippen molar-refractivity contribution in [1.82, 2.24) is 14.8 Å². The molecule has 3 rings (SSSR count). The van der Waals surface area contributed by atoms with Crippen molar-refractivity contribution < 1.29 is 0 Å². The molecule has 0 saturated carbocycles. The van der Waals surface area contributed by atoms with Crippen molar-refractivity contribution in [2.45, 2.75) is 6.54 Å². The van der Waals surface area contributed by atoms with Crippen LogP contribution in [0.15, 0.2) is 55.0 Å². The summed E-state index contributed by atoms with van der Waals surface area (Å²) in [4.78, 5) is 4.05. The van der Waals surface area contributed by atoms with Crippen LogP contribution in [-0.2, 0) is 6.54 Å². The van der Waals surface area contributed by atoms with Gasteiger partial charge in [-0.05, 0) is 12.1 Å². The quantitative estimate of drug-likeness (QED) is 0.744. The molecule has 0 atom stereocenters. The van der Waals surface area contributed by atoms with Gasteiger partial charge in [-0.15, -0.1) is 0 Å². The van der Waals surface area contributed by atoms with Crippen LogP contribution in [0.4, 0.5) is 5.69 Å². The molecule has 0 unspecified atom stereocenters. The van der Waals surface area contributed by atoms with Crippen LogP contribution in [0.1, 0.15) is 11.3 Å². The van der Waals surface area contributed by atoms with E-state index in [1.807, 2.05) is 42.6 Å². The van der Waals surface area contributed by atoms with Crippen molar-refractivity contribution in [2.24, 2.45) is 0 Å². The molecule has 0 bridgehead atoms. The molecule has 0 radical (unpaired) electrons. The highest BCUT2D eigenvalue weighted by Gasteiger charge is 2.07. The minimum absolute atomic E-state index is 0.425. The van der Waals surface area contributed by atoms with Crippen LogP contribution in [0.3, 0.4) is 0 Å². The number of rotatable bonds is 3. The zero-order valence-corrected chi connectivity index (χ0v) is 11.3. The van der Waals surface area contributed by atoms with Gasteiger partial charge in [0.25, 0.3) is 0 Å². The highest BCUT2D eigenvalue weighted by atomic mass is 15.3. The van der Waals surface area contributed by atoms with E-state index in [1.165, 1.54) is 0 Å². The number of para-hydroxylation sites is 1. The SMILES string of the molecule is N#Cc1ncccc1Cn1cc(-c2ccccc2N)cn1. The number of nitriles is 1. The van der Waals surface area contributed by atoms with Crippen LogP contribution in [0.2, 0.25) is 0 Å². The summed E-state index contributed by atoms with van der Waals surface area (Å²) in [5.41, 5.74) is 9.86. The third-order valence-electron chi connectivity index (χ3n) is 3.23. The number of nitrogen functional groups attached to an aromatic ring is 1. The van der Waals surface area contributed by atoms with Crippen LogP contribution >= 0.6 is 0 Å². The van der Waals surface area contributed by atoms with Crippen molar-refractivity contribution in [1.29, 1.82) is 5.26 Å². The summed E-state index contributed by atoms with van der Waals surface area (Å²) in [6, 6.07) is 13.5. The van der Waals surface area contributed by atoms with Crippen molar-refractivity contribution in [2.75, 3.05) is 5.73 Å². The Labute approximate surface area is 122 Å². The van der Waals surface area contributed by atoms with Gasteiger partial charge in [0.15, 0.2) is 0 Å². The first-order valence-electron chi connectivity index (χ1n) is 6.49. The molecule has 0 amide bonds. The summed E-state index contributed by atoms with van der Waals surface area (Å²) in [5, 5.41) is 13.4. The van der Waals surface area contributed by atoms with Gasteiger partial charge in [-0.25, -0.2) is 4.98 Å². The Morgan fingerprint density at radius 1 is 1.19 bits per heavy atom. The average molecular weight is 275 g/mol. The van der Waals surface area contributed by atoms with E-state index in [4.69, 9.17) is 11.0 Å². The molecule has 0 aliphatic heterocycles. The Morgan fingerprint density at radius 3 is 2.86 bits per heavy atom. The first-order valence-corrected chi connectivity index (χ1v) is 6.49. The molecule has 5 nitrogen and oxygen atoms in total. The fourth-order valence-electron chi connectivity index (χ4n) is 2.19. The lowest BCUT2D eigenvalue weighted by molar-refractivity contribution is 0.683. The molecule has 2 aromatic heterocycles. The molecule has 1 aromatic carbocycles. The van der Waals surface area contributed by atoms with E-state index < -0.39 is 0 Å². The largest absolute Gasteiger partial charge is 0.398 e. The van der Waals surface area contributed by atoms with Crippen LogP contribution in [-0.4, -0.2) is 14.8 Å². The number of aromatic nitrogens is 3. The minimum Gasteiger partial charge on any atom is -0.398 e. The number of benzene rings is 1. The summed E-state index contributed by atoms with van der Waals surface area (Å²) in [5.74, 6) is 0. The summed E-state index contributed by atoms with van der Waals surface area (Å²) in [6.45, 7) is 0.503. The molecular formula is C16H13N5. The second-order valence-corrected chi connectivity index (χ2v) is 4.64. The van der Waals surface area contributed by atoms with E-state index in [0.29, 0.717) is 12.2 Å². The Balaban J connectivity index is 1.90. The molecule has 0 spiro atoms.